The molecule has 1 amide bonds. The van der Waals surface area contributed by atoms with Crippen LogP contribution in [0.2, 0.25) is 5.02 Å². The van der Waals surface area contributed by atoms with Crippen LogP contribution in [0.1, 0.15) is 45.4 Å². The van der Waals surface area contributed by atoms with Crippen LogP contribution in [0.5, 0.6) is 5.75 Å². The zero-order chi connectivity index (χ0) is 24.5. The number of oxazole rings is 1. The van der Waals surface area contributed by atoms with E-state index >= 15 is 0 Å². The summed E-state index contributed by atoms with van der Waals surface area (Å²) in [5.41, 5.74) is 2.62. The lowest BCUT2D eigenvalue weighted by Gasteiger charge is -2.18. The molecule has 8 heteroatoms. The molecule has 0 N–H and O–H groups in total. The molecule has 0 unspecified atom stereocenters. The van der Waals surface area contributed by atoms with Crippen LogP contribution in [0.15, 0.2) is 52.9 Å². The van der Waals surface area contributed by atoms with E-state index in [9.17, 15) is 9.59 Å². The Kier molecular flexibility index (Phi) is 9.10. The van der Waals surface area contributed by atoms with Gasteiger partial charge in [0.2, 0.25) is 0 Å². The molecular formula is C26H29ClN2O5. The summed E-state index contributed by atoms with van der Waals surface area (Å²) in [7, 11) is 1.63. The van der Waals surface area contributed by atoms with Crippen molar-refractivity contribution in [1.82, 2.24) is 10.0 Å². The number of aryl methyl sites for hydroxylation is 1. The molecule has 0 aliphatic carbocycles. The highest BCUT2D eigenvalue weighted by molar-refractivity contribution is 6.30. The fraction of sp³-hybridized carbons (Fsp3) is 0.346. The van der Waals surface area contributed by atoms with Crippen LogP contribution >= 0.6 is 11.6 Å². The second kappa shape index (κ2) is 12.2. The third kappa shape index (κ3) is 7.09. The van der Waals surface area contributed by atoms with Crippen molar-refractivity contribution in [3.8, 4) is 28.3 Å². The first-order valence-corrected chi connectivity index (χ1v) is 11.6. The van der Waals surface area contributed by atoms with Crippen LogP contribution in [-0.2, 0) is 20.8 Å². The second-order valence-corrected chi connectivity index (χ2v) is 8.33. The first kappa shape index (κ1) is 25.3. The van der Waals surface area contributed by atoms with Crippen LogP contribution in [0, 0.1) is 0 Å². The highest BCUT2D eigenvalue weighted by Crippen LogP contribution is 2.34. The van der Waals surface area contributed by atoms with Crippen molar-refractivity contribution in [3.05, 3.63) is 59.4 Å². The molecule has 0 saturated carbocycles. The van der Waals surface area contributed by atoms with E-state index in [0.717, 1.165) is 53.3 Å². The predicted molar refractivity (Wildman–Crippen MR) is 130 cm³/mol. The smallest absolute Gasteiger partial charge is 0.329 e. The first-order valence-electron chi connectivity index (χ1n) is 11.2. The number of carbonyl (C=O) groups is 2. The monoisotopic (exact) mass is 484 g/mol. The van der Waals surface area contributed by atoms with Crippen LogP contribution in [0.25, 0.3) is 22.6 Å². The van der Waals surface area contributed by atoms with E-state index in [1.165, 1.54) is 13.8 Å². The van der Waals surface area contributed by atoms with Crippen molar-refractivity contribution in [2.75, 3.05) is 13.7 Å². The maximum atomic E-state index is 11.5. The summed E-state index contributed by atoms with van der Waals surface area (Å²) >= 11 is 6.06. The Balaban J connectivity index is 1.63. The van der Waals surface area contributed by atoms with Gasteiger partial charge in [0.05, 0.1) is 13.7 Å². The summed E-state index contributed by atoms with van der Waals surface area (Å²) in [5, 5.41) is 1.77. The van der Waals surface area contributed by atoms with Crippen LogP contribution in [-0.4, -0.2) is 35.6 Å². The van der Waals surface area contributed by atoms with E-state index in [1.807, 2.05) is 48.5 Å². The minimum Gasteiger partial charge on any atom is -0.497 e. The largest absolute Gasteiger partial charge is 0.497 e. The minimum absolute atomic E-state index is 0.282. The van der Waals surface area contributed by atoms with Gasteiger partial charge in [0, 0.05) is 36.4 Å². The number of nitrogens with zero attached hydrogens (tertiary/aromatic N) is 2. The predicted octanol–water partition coefficient (Wildman–Crippen LogP) is 6.10. The lowest BCUT2D eigenvalue weighted by atomic mass is 10.1. The lowest BCUT2D eigenvalue weighted by molar-refractivity contribution is -0.195. The second-order valence-electron chi connectivity index (χ2n) is 7.89. The summed E-state index contributed by atoms with van der Waals surface area (Å²) in [6.07, 6.45) is 4.14. The van der Waals surface area contributed by atoms with Gasteiger partial charge in [-0.05, 0) is 49.2 Å². The van der Waals surface area contributed by atoms with E-state index in [2.05, 4.69) is 0 Å². The summed E-state index contributed by atoms with van der Waals surface area (Å²) in [4.78, 5) is 32.3. The van der Waals surface area contributed by atoms with Crippen molar-refractivity contribution >= 4 is 23.5 Å². The molecule has 0 bridgehead atoms. The van der Waals surface area contributed by atoms with E-state index in [-0.39, 0.29) is 5.91 Å². The number of halogens is 1. The van der Waals surface area contributed by atoms with E-state index in [4.69, 9.17) is 30.6 Å². The highest BCUT2D eigenvalue weighted by Gasteiger charge is 2.17. The van der Waals surface area contributed by atoms with Gasteiger partial charge in [-0.2, -0.15) is 5.06 Å². The Morgan fingerprint density at radius 1 is 0.941 bits per heavy atom. The van der Waals surface area contributed by atoms with E-state index in [1.54, 1.807) is 7.11 Å². The molecule has 0 spiro atoms. The number of carbonyl (C=O) groups excluding carboxylic acids is 2. The number of methoxy groups -OCH3 is 1. The topological polar surface area (TPSA) is 81.9 Å². The first-order chi connectivity index (χ1) is 16.4. The maximum absolute atomic E-state index is 11.5. The Morgan fingerprint density at radius 2 is 1.59 bits per heavy atom. The average Bonchev–Trinajstić information content (AvgIpc) is 3.24. The molecular weight excluding hydrogens is 456 g/mol. The van der Waals surface area contributed by atoms with Crippen molar-refractivity contribution in [2.24, 2.45) is 0 Å². The molecule has 3 aromatic rings. The molecule has 0 fully saturated rings. The maximum Gasteiger partial charge on any atom is 0.329 e. The Bertz CT molecular complexity index is 1090. The molecule has 180 valence electrons. The lowest BCUT2D eigenvalue weighted by Crippen LogP contribution is -2.31. The fourth-order valence-electron chi connectivity index (χ4n) is 3.52. The fourth-order valence-corrected chi connectivity index (χ4v) is 3.65. The minimum atomic E-state index is -0.497. The number of hydrogen-bond donors (Lipinski definition) is 0. The molecule has 1 heterocycles. The molecule has 0 saturated heterocycles. The summed E-state index contributed by atoms with van der Waals surface area (Å²) < 4.78 is 11.4. The molecule has 1 aromatic heterocycles. The van der Waals surface area contributed by atoms with Crippen molar-refractivity contribution < 1.29 is 23.6 Å². The third-order valence-electron chi connectivity index (χ3n) is 5.23. The quantitative estimate of drug-likeness (QED) is 0.255. The number of amides is 1. The van der Waals surface area contributed by atoms with Gasteiger partial charge in [0.15, 0.2) is 11.7 Å². The molecule has 7 nitrogen and oxygen atoms in total. The molecule has 0 atom stereocenters. The molecule has 34 heavy (non-hydrogen) atoms. The molecule has 0 radical (unpaired) electrons. The molecule has 3 rings (SSSR count). The molecule has 0 aliphatic rings. The van der Waals surface area contributed by atoms with Crippen LogP contribution in [0.3, 0.4) is 0 Å². The van der Waals surface area contributed by atoms with E-state index < -0.39 is 5.97 Å². The number of unbranched alkanes of at least 4 members (excludes halogenated alkanes) is 3. The number of hydroxylamine groups is 2. The van der Waals surface area contributed by atoms with Gasteiger partial charge >= 0.3 is 5.97 Å². The Labute approximate surface area is 204 Å². The van der Waals surface area contributed by atoms with Crippen LogP contribution in [0.4, 0.5) is 0 Å². The zero-order valence-corrected chi connectivity index (χ0v) is 20.4. The van der Waals surface area contributed by atoms with Gasteiger partial charge < -0.3 is 14.0 Å². The number of rotatable bonds is 10. The third-order valence-corrected chi connectivity index (χ3v) is 5.49. The zero-order valence-electron chi connectivity index (χ0n) is 19.7. The van der Waals surface area contributed by atoms with Crippen molar-refractivity contribution in [2.45, 2.75) is 46.0 Å². The summed E-state index contributed by atoms with van der Waals surface area (Å²) in [6, 6.07) is 15.2. The van der Waals surface area contributed by atoms with Crippen molar-refractivity contribution in [1.29, 1.82) is 0 Å². The van der Waals surface area contributed by atoms with Gasteiger partial charge in [-0.25, -0.2) is 4.98 Å². The van der Waals surface area contributed by atoms with Gasteiger partial charge in [-0.1, -0.05) is 36.6 Å². The average molecular weight is 485 g/mol. The van der Waals surface area contributed by atoms with E-state index in [0.29, 0.717) is 29.6 Å². The summed E-state index contributed by atoms with van der Waals surface area (Å²) in [6.45, 7) is 3.05. The standard InChI is InChI=1S/C26H29ClN2O5/c1-18(30)29(34-19(2)31)17-7-5-4-6-8-24-28-25(20-9-13-22(27)14-10-20)26(33-24)21-11-15-23(32-3)16-12-21/h9-16H,4-8,17H2,1-3H3. The Morgan fingerprint density at radius 3 is 2.21 bits per heavy atom. The normalized spacial score (nSPS) is 10.7. The van der Waals surface area contributed by atoms with Gasteiger partial charge in [-0.3, -0.25) is 9.59 Å². The summed E-state index contributed by atoms with van der Waals surface area (Å²) in [5.74, 6) is 1.37. The molecule has 0 aliphatic heterocycles. The van der Waals surface area contributed by atoms with Gasteiger partial charge in [0.1, 0.15) is 11.4 Å². The Hall–Kier alpha value is -3.32. The van der Waals surface area contributed by atoms with Gasteiger partial charge in [-0.15, -0.1) is 0 Å². The number of aromatic nitrogens is 1. The number of ether oxygens (including phenoxy) is 1. The SMILES string of the molecule is COc1ccc(-c2oc(CCCCCCN(OC(C)=O)C(C)=O)nc2-c2ccc(Cl)cc2)cc1. The number of benzene rings is 2. The molecule has 2 aromatic carbocycles. The highest BCUT2D eigenvalue weighted by atomic mass is 35.5. The van der Waals surface area contributed by atoms with Crippen LogP contribution < -0.4 is 4.74 Å². The van der Waals surface area contributed by atoms with Gasteiger partial charge in [0.25, 0.3) is 5.91 Å². The number of hydrogen-bond acceptors (Lipinski definition) is 6. The van der Waals surface area contributed by atoms with Crippen molar-refractivity contribution in [3.63, 3.8) is 0 Å².